The second kappa shape index (κ2) is 10.6. The van der Waals surface area contributed by atoms with Crippen molar-refractivity contribution in [2.45, 2.75) is 59.4 Å². The van der Waals surface area contributed by atoms with Crippen LogP contribution in [0.4, 0.5) is 0 Å². The number of carbonyl (C=O) groups is 2. The van der Waals surface area contributed by atoms with Crippen LogP contribution in [-0.2, 0) is 11.3 Å². The Balaban J connectivity index is 1.93. The van der Waals surface area contributed by atoms with Gasteiger partial charge in [-0.05, 0) is 38.5 Å². The van der Waals surface area contributed by atoms with Gasteiger partial charge in [-0.15, -0.1) is 0 Å². The SMILES string of the molecule is CCCCCCNC(=O)CCN(Cc1ccco1)C(=O)c1cc(C)oc1C. The monoisotopic (exact) mass is 374 g/mol. The lowest BCUT2D eigenvalue weighted by atomic mass is 10.2. The summed E-state index contributed by atoms with van der Waals surface area (Å²) in [4.78, 5) is 26.7. The van der Waals surface area contributed by atoms with Crippen LogP contribution < -0.4 is 5.32 Å². The maximum Gasteiger partial charge on any atom is 0.257 e. The Morgan fingerprint density at radius 2 is 2.00 bits per heavy atom. The molecular formula is C21H30N2O4. The fourth-order valence-corrected chi connectivity index (χ4v) is 2.96. The molecule has 2 aromatic heterocycles. The van der Waals surface area contributed by atoms with E-state index in [2.05, 4.69) is 12.2 Å². The van der Waals surface area contributed by atoms with Crippen LogP contribution in [0, 0.1) is 13.8 Å². The highest BCUT2D eigenvalue weighted by molar-refractivity contribution is 5.95. The fraction of sp³-hybridized carbons (Fsp3) is 0.524. The van der Waals surface area contributed by atoms with Crippen molar-refractivity contribution in [3.8, 4) is 0 Å². The van der Waals surface area contributed by atoms with E-state index in [0.717, 1.165) is 12.8 Å². The highest BCUT2D eigenvalue weighted by Crippen LogP contribution is 2.18. The zero-order chi connectivity index (χ0) is 19.6. The highest BCUT2D eigenvalue weighted by Gasteiger charge is 2.22. The lowest BCUT2D eigenvalue weighted by Crippen LogP contribution is -2.35. The quantitative estimate of drug-likeness (QED) is 0.598. The van der Waals surface area contributed by atoms with Gasteiger partial charge in [-0.3, -0.25) is 9.59 Å². The van der Waals surface area contributed by atoms with Crippen molar-refractivity contribution < 1.29 is 18.4 Å². The van der Waals surface area contributed by atoms with Gasteiger partial charge in [0.25, 0.3) is 5.91 Å². The molecule has 2 amide bonds. The molecule has 0 atom stereocenters. The number of rotatable bonds is 11. The van der Waals surface area contributed by atoms with Crippen molar-refractivity contribution in [2.75, 3.05) is 13.1 Å². The van der Waals surface area contributed by atoms with Crippen molar-refractivity contribution in [2.24, 2.45) is 0 Å². The van der Waals surface area contributed by atoms with Crippen molar-refractivity contribution in [1.29, 1.82) is 0 Å². The number of carbonyl (C=O) groups excluding carboxylic acids is 2. The molecule has 0 fully saturated rings. The van der Waals surface area contributed by atoms with Gasteiger partial charge in [-0.25, -0.2) is 0 Å². The number of hydrogen-bond acceptors (Lipinski definition) is 4. The average Bonchev–Trinajstić information content (AvgIpc) is 3.26. The first-order valence-corrected chi connectivity index (χ1v) is 9.66. The number of aryl methyl sites for hydroxylation is 2. The van der Waals surface area contributed by atoms with Crippen LogP contribution in [0.5, 0.6) is 0 Å². The second-order valence-electron chi connectivity index (χ2n) is 6.79. The van der Waals surface area contributed by atoms with E-state index in [0.29, 0.717) is 42.5 Å². The molecular weight excluding hydrogens is 344 g/mol. The Morgan fingerprint density at radius 1 is 1.19 bits per heavy atom. The van der Waals surface area contributed by atoms with Gasteiger partial charge in [0.2, 0.25) is 5.91 Å². The normalized spacial score (nSPS) is 10.8. The zero-order valence-corrected chi connectivity index (χ0v) is 16.5. The summed E-state index contributed by atoms with van der Waals surface area (Å²) in [5.74, 6) is 1.77. The first-order valence-electron chi connectivity index (χ1n) is 9.66. The zero-order valence-electron chi connectivity index (χ0n) is 16.5. The predicted molar refractivity (Wildman–Crippen MR) is 103 cm³/mol. The molecule has 6 nitrogen and oxygen atoms in total. The lowest BCUT2D eigenvalue weighted by Gasteiger charge is -2.21. The number of amides is 2. The third kappa shape index (κ3) is 6.62. The molecule has 0 aliphatic heterocycles. The van der Waals surface area contributed by atoms with Crippen LogP contribution in [0.3, 0.4) is 0 Å². The minimum absolute atomic E-state index is 0.0381. The summed E-state index contributed by atoms with van der Waals surface area (Å²) in [6, 6.07) is 5.34. The van der Waals surface area contributed by atoms with Crippen molar-refractivity contribution >= 4 is 11.8 Å². The molecule has 0 unspecified atom stereocenters. The molecule has 27 heavy (non-hydrogen) atoms. The van der Waals surface area contributed by atoms with Crippen LogP contribution >= 0.6 is 0 Å². The molecule has 2 rings (SSSR count). The first kappa shape index (κ1) is 20.8. The Morgan fingerprint density at radius 3 is 2.63 bits per heavy atom. The lowest BCUT2D eigenvalue weighted by molar-refractivity contribution is -0.121. The van der Waals surface area contributed by atoms with Crippen molar-refractivity contribution in [3.05, 3.63) is 47.3 Å². The minimum atomic E-state index is -0.156. The smallest absolute Gasteiger partial charge is 0.257 e. The summed E-state index contributed by atoms with van der Waals surface area (Å²) in [7, 11) is 0. The molecule has 1 N–H and O–H groups in total. The van der Waals surface area contributed by atoms with Gasteiger partial charge < -0.3 is 19.1 Å². The van der Waals surface area contributed by atoms with E-state index in [1.54, 1.807) is 30.2 Å². The van der Waals surface area contributed by atoms with E-state index in [-0.39, 0.29) is 18.2 Å². The molecule has 0 radical (unpaired) electrons. The summed E-state index contributed by atoms with van der Waals surface area (Å²) in [5, 5.41) is 2.93. The van der Waals surface area contributed by atoms with Crippen LogP contribution in [0.2, 0.25) is 0 Å². The largest absolute Gasteiger partial charge is 0.467 e. The fourth-order valence-electron chi connectivity index (χ4n) is 2.96. The van der Waals surface area contributed by atoms with Crippen LogP contribution in [0.1, 0.15) is 66.7 Å². The van der Waals surface area contributed by atoms with E-state index in [1.807, 2.05) is 13.0 Å². The summed E-state index contributed by atoms with van der Waals surface area (Å²) in [5.41, 5.74) is 0.527. The molecule has 6 heteroatoms. The van der Waals surface area contributed by atoms with Gasteiger partial charge >= 0.3 is 0 Å². The Labute approximate surface area is 160 Å². The van der Waals surface area contributed by atoms with E-state index in [4.69, 9.17) is 8.83 Å². The Bertz CT molecular complexity index is 719. The van der Waals surface area contributed by atoms with Gasteiger partial charge in [0, 0.05) is 19.5 Å². The standard InChI is InChI=1S/C21H30N2O4/c1-4-5-6-7-11-22-20(24)10-12-23(15-18-9-8-13-26-18)21(25)19-14-16(2)27-17(19)3/h8-9,13-14H,4-7,10-12,15H2,1-3H3,(H,22,24). The van der Waals surface area contributed by atoms with E-state index in [1.165, 1.54) is 12.8 Å². The summed E-state index contributed by atoms with van der Waals surface area (Å²) in [6.45, 7) is 7.07. The molecule has 0 saturated carbocycles. The predicted octanol–water partition coefficient (Wildman–Crippen LogP) is 4.22. The number of nitrogens with one attached hydrogen (secondary N) is 1. The first-order chi connectivity index (χ1) is 13.0. The molecule has 0 aliphatic rings. The molecule has 2 aromatic rings. The summed E-state index contributed by atoms with van der Waals surface area (Å²) >= 11 is 0. The molecule has 2 heterocycles. The maximum absolute atomic E-state index is 12.9. The number of furan rings is 2. The molecule has 0 aliphatic carbocycles. The van der Waals surface area contributed by atoms with Crippen LogP contribution in [-0.4, -0.2) is 29.8 Å². The number of nitrogens with zero attached hydrogens (tertiary/aromatic N) is 1. The Kier molecular flexibility index (Phi) is 8.17. The van der Waals surface area contributed by atoms with Gasteiger partial charge in [0.15, 0.2) is 0 Å². The average molecular weight is 374 g/mol. The number of unbranched alkanes of at least 4 members (excludes halogenated alkanes) is 3. The van der Waals surface area contributed by atoms with Gasteiger partial charge in [0.1, 0.15) is 17.3 Å². The maximum atomic E-state index is 12.9. The second-order valence-corrected chi connectivity index (χ2v) is 6.79. The summed E-state index contributed by atoms with van der Waals surface area (Å²) < 4.78 is 10.9. The van der Waals surface area contributed by atoms with Gasteiger partial charge in [0.05, 0.1) is 18.4 Å². The third-order valence-electron chi connectivity index (χ3n) is 4.45. The van der Waals surface area contributed by atoms with E-state index in [9.17, 15) is 9.59 Å². The highest BCUT2D eigenvalue weighted by atomic mass is 16.3. The van der Waals surface area contributed by atoms with Crippen LogP contribution in [0.15, 0.2) is 33.3 Å². The molecule has 0 bridgehead atoms. The van der Waals surface area contributed by atoms with Crippen molar-refractivity contribution in [1.82, 2.24) is 10.2 Å². The van der Waals surface area contributed by atoms with Crippen molar-refractivity contribution in [3.63, 3.8) is 0 Å². The van der Waals surface area contributed by atoms with E-state index < -0.39 is 0 Å². The van der Waals surface area contributed by atoms with Gasteiger partial charge in [-0.2, -0.15) is 0 Å². The molecule has 0 saturated heterocycles. The molecule has 0 aromatic carbocycles. The number of hydrogen-bond donors (Lipinski definition) is 1. The third-order valence-corrected chi connectivity index (χ3v) is 4.45. The minimum Gasteiger partial charge on any atom is -0.467 e. The molecule has 148 valence electrons. The topological polar surface area (TPSA) is 75.7 Å². The van der Waals surface area contributed by atoms with E-state index >= 15 is 0 Å². The molecule has 0 spiro atoms. The van der Waals surface area contributed by atoms with Gasteiger partial charge in [-0.1, -0.05) is 26.2 Å². The Hall–Kier alpha value is -2.50. The van der Waals surface area contributed by atoms with Crippen LogP contribution in [0.25, 0.3) is 0 Å². The summed E-state index contributed by atoms with van der Waals surface area (Å²) in [6.07, 6.45) is 6.31.